The van der Waals surface area contributed by atoms with Crippen molar-refractivity contribution in [1.82, 2.24) is 14.8 Å². The standard InChI is InChI=1S/C12H13BrN4O3/c1-7(2)16-11(6-18)14-15-12(16)8-3-9(13)5-10(4-8)17(19)20/h3-5,7,18H,6H2,1-2H3. The van der Waals surface area contributed by atoms with Gasteiger partial charge in [0.15, 0.2) is 11.6 Å². The molecular formula is C12H13BrN4O3. The smallest absolute Gasteiger partial charge is 0.271 e. The van der Waals surface area contributed by atoms with Crippen molar-refractivity contribution in [2.75, 3.05) is 0 Å². The van der Waals surface area contributed by atoms with Crippen molar-refractivity contribution >= 4 is 21.6 Å². The zero-order valence-electron chi connectivity index (χ0n) is 10.9. The van der Waals surface area contributed by atoms with Crippen molar-refractivity contribution in [3.63, 3.8) is 0 Å². The summed E-state index contributed by atoms with van der Waals surface area (Å²) in [6.07, 6.45) is 0. The first-order valence-corrected chi connectivity index (χ1v) is 6.73. The van der Waals surface area contributed by atoms with Crippen LogP contribution in [0, 0.1) is 10.1 Å². The lowest BCUT2D eigenvalue weighted by atomic mass is 10.2. The molecule has 0 fully saturated rings. The summed E-state index contributed by atoms with van der Waals surface area (Å²) in [4.78, 5) is 10.5. The van der Waals surface area contributed by atoms with Crippen LogP contribution in [0.4, 0.5) is 5.69 Å². The number of non-ortho nitro benzene ring substituents is 1. The van der Waals surface area contributed by atoms with Gasteiger partial charge >= 0.3 is 0 Å². The predicted molar refractivity (Wildman–Crippen MR) is 76.1 cm³/mol. The van der Waals surface area contributed by atoms with E-state index in [2.05, 4.69) is 26.1 Å². The molecule has 0 saturated heterocycles. The number of aliphatic hydroxyl groups is 1. The molecule has 0 saturated carbocycles. The van der Waals surface area contributed by atoms with Crippen LogP contribution in [0.3, 0.4) is 0 Å². The topological polar surface area (TPSA) is 94.1 Å². The fourth-order valence-electron chi connectivity index (χ4n) is 1.98. The van der Waals surface area contributed by atoms with Crippen LogP contribution in [0.5, 0.6) is 0 Å². The normalized spacial score (nSPS) is 11.1. The molecule has 0 aliphatic heterocycles. The maximum Gasteiger partial charge on any atom is 0.271 e. The molecule has 0 aliphatic rings. The van der Waals surface area contributed by atoms with Crippen LogP contribution >= 0.6 is 15.9 Å². The van der Waals surface area contributed by atoms with Crippen LogP contribution in [0.25, 0.3) is 11.4 Å². The molecule has 7 nitrogen and oxygen atoms in total. The van der Waals surface area contributed by atoms with Gasteiger partial charge in [0.25, 0.3) is 5.69 Å². The molecule has 0 unspecified atom stereocenters. The largest absolute Gasteiger partial charge is 0.388 e. The van der Waals surface area contributed by atoms with Crippen molar-refractivity contribution in [3.05, 3.63) is 38.6 Å². The van der Waals surface area contributed by atoms with Crippen molar-refractivity contribution < 1.29 is 10.0 Å². The Hall–Kier alpha value is -1.80. The van der Waals surface area contributed by atoms with Crippen LogP contribution in [0.2, 0.25) is 0 Å². The molecule has 0 amide bonds. The van der Waals surface area contributed by atoms with Crippen LogP contribution in [-0.4, -0.2) is 24.8 Å². The molecule has 0 spiro atoms. The van der Waals surface area contributed by atoms with Crippen molar-refractivity contribution in [2.24, 2.45) is 0 Å². The Balaban J connectivity index is 2.62. The lowest BCUT2D eigenvalue weighted by Crippen LogP contribution is -2.08. The van der Waals surface area contributed by atoms with Gasteiger partial charge in [0.05, 0.1) is 4.92 Å². The van der Waals surface area contributed by atoms with Gasteiger partial charge in [0.1, 0.15) is 6.61 Å². The minimum absolute atomic E-state index is 0.0280. The van der Waals surface area contributed by atoms with E-state index in [-0.39, 0.29) is 18.3 Å². The van der Waals surface area contributed by atoms with E-state index >= 15 is 0 Å². The Labute approximate surface area is 123 Å². The highest BCUT2D eigenvalue weighted by atomic mass is 79.9. The number of hydrogen-bond donors (Lipinski definition) is 1. The summed E-state index contributed by atoms with van der Waals surface area (Å²) < 4.78 is 2.34. The number of aliphatic hydroxyl groups excluding tert-OH is 1. The van der Waals surface area contributed by atoms with Gasteiger partial charge in [-0.2, -0.15) is 0 Å². The number of hydrogen-bond acceptors (Lipinski definition) is 5. The molecule has 0 atom stereocenters. The Morgan fingerprint density at radius 3 is 2.65 bits per heavy atom. The maximum absolute atomic E-state index is 10.9. The number of aromatic nitrogens is 3. The fourth-order valence-corrected chi connectivity index (χ4v) is 2.46. The molecular weight excluding hydrogens is 328 g/mol. The summed E-state index contributed by atoms with van der Waals surface area (Å²) in [5, 5.41) is 28.1. The van der Waals surface area contributed by atoms with Gasteiger partial charge in [-0.15, -0.1) is 10.2 Å². The number of rotatable bonds is 4. The number of halogens is 1. The molecule has 1 aromatic carbocycles. The highest BCUT2D eigenvalue weighted by Gasteiger charge is 2.18. The summed E-state index contributed by atoms with van der Waals surface area (Å²) in [7, 11) is 0. The van der Waals surface area contributed by atoms with E-state index in [4.69, 9.17) is 0 Å². The molecule has 0 bridgehead atoms. The fraction of sp³-hybridized carbons (Fsp3) is 0.333. The third-order valence-corrected chi connectivity index (χ3v) is 3.23. The maximum atomic E-state index is 10.9. The van der Waals surface area contributed by atoms with E-state index in [1.807, 2.05) is 13.8 Å². The number of benzene rings is 1. The van der Waals surface area contributed by atoms with Crippen LogP contribution in [0.1, 0.15) is 25.7 Å². The summed E-state index contributed by atoms with van der Waals surface area (Å²) in [6.45, 7) is 3.62. The molecule has 106 valence electrons. The molecule has 0 radical (unpaired) electrons. The van der Waals surface area contributed by atoms with Crippen molar-refractivity contribution in [1.29, 1.82) is 0 Å². The Morgan fingerprint density at radius 1 is 1.40 bits per heavy atom. The second-order valence-corrected chi connectivity index (χ2v) is 5.43. The van der Waals surface area contributed by atoms with Gasteiger partial charge in [0.2, 0.25) is 0 Å². The second kappa shape index (κ2) is 5.68. The van der Waals surface area contributed by atoms with Gasteiger partial charge in [-0.3, -0.25) is 10.1 Å². The van der Waals surface area contributed by atoms with Gasteiger partial charge in [-0.05, 0) is 19.9 Å². The van der Waals surface area contributed by atoms with E-state index in [0.717, 1.165) is 0 Å². The summed E-state index contributed by atoms with van der Waals surface area (Å²) >= 11 is 3.25. The van der Waals surface area contributed by atoms with Crippen LogP contribution in [-0.2, 0) is 6.61 Å². The van der Waals surface area contributed by atoms with E-state index in [1.165, 1.54) is 12.1 Å². The minimum Gasteiger partial charge on any atom is -0.388 e. The van der Waals surface area contributed by atoms with Gasteiger partial charge < -0.3 is 9.67 Å². The Kier molecular flexibility index (Phi) is 4.15. The predicted octanol–water partition coefficient (Wildman–Crippen LogP) is 2.69. The lowest BCUT2D eigenvalue weighted by Gasteiger charge is -2.13. The van der Waals surface area contributed by atoms with E-state index in [1.54, 1.807) is 10.6 Å². The van der Waals surface area contributed by atoms with E-state index in [9.17, 15) is 15.2 Å². The highest BCUT2D eigenvalue weighted by Crippen LogP contribution is 2.29. The minimum atomic E-state index is -0.461. The molecule has 20 heavy (non-hydrogen) atoms. The molecule has 1 aromatic heterocycles. The van der Waals surface area contributed by atoms with E-state index in [0.29, 0.717) is 21.7 Å². The number of nitro groups is 1. The van der Waals surface area contributed by atoms with Crippen LogP contribution < -0.4 is 0 Å². The highest BCUT2D eigenvalue weighted by molar-refractivity contribution is 9.10. The third-order valence-electron chi connectivity index (χ3n) is 2.78. The van der Waals surface area contributed by atoms with Crippen molar-refractivity contribution in [2.45, 2.75) is 26.5 Å². The zero-order chi connectivity index (χ0) is 14.9. The number of nitro benzene ring substituents is 1. The van der Waals surface area contributed by atoms with Crippen molar-refractivity contribution in [3.8, 4) is 11.4 Å². The first-order valence-electron chi connectivity index (χ1n) is 5.94. The average Bonchev–Trinajstić information content (AvgIpc) is 2.81. The molecule has 1 heterocycles. The first kappa shape index (κ1) is 14.6. The number of nitrogens with zero attached hydrogens (tertiary/aromatic N) is 4. The Bertz CT molecular complexity index is 654. The monoisotopic (exact) mass is 340 g/mol. The molecule has 1 N–H and O–H groups in total. The third kappa shape index (κ3) is 2.70. The second-order valence-electron chi connectivity index (χ2n) is 4.52. The molecule has 0 aliphatic carbocycles. The first-order chi connectivity index (χ1) is 9.43. The molecule has 2 rings (SSSR count). The van der Waals surface area contributed by atoms with Gasteiger partial charge in [-0.25, -0.2) is 0 Å². The summed E-state index contributed by atoms with van der Waals surface area (Å²) in [5.74, 6) is 0.922. The molecule has 2 aromatic rings. The SMILES string of the molecule is CC(C)n1c(CO)nnc1-c1cc(Br)cc([N+](=O)[O-])c1. The zero-order valence-corrected chi connectivity index (χ0v) is 12.5. The molecule has 8 heteroatoms. The summed E-state index contributed by atoms with van der Waals surface area (Å²) in [5.41, 5.74) is 0.546. The quantitative estimate of drug-likeness (QED) is 0.682. The van der Waals surface area contributed by atoms with Gasteiger partial charge in [0, 0.05) is 28.2 Å². The van der Waals surface area contributed by atoms with E-state index < -0.39 is 4.92 Å². The Morgan fingerprint density at radius 2 is 2.10 bits per heavy atom. The van der Waals surface area contributed by atoms with Crippen LogP contribution in [0.15, 0.2) is 22.7 Å². The lowest BCUT2D eigenvalue weighted by molar-refractivity contribution is -0.384. The average molecular weight is 341 g/mol. The van der Waals surface area contributed by atoms with Gasteiger partial charge in [-0.1, -0.05) is 15.9 Å². The summed E-state index contributed by atoms with van der Waals surface area (Å²) in [6, 6.07) is 4.62.